The Labute approximate surface area is 201 Å². The molecular weight excluding hydrogens is 430 g/mol. The van der Waals surface area contributed by atoms with Crippen molar-refractivity contribution in [1.29, 1.82) is 0 Å². The number of nitrogens with zero attached hydrogens (tertiary/aromatic N) is 3. The fourth-order valence-corrected chi connectivity index (χ4v) is 5.91. The first kappa shape index (κ1) is 23.8. The van der Waals surface area contributed by atoms with Crippen LogP contribution in [0.5, 0.6) is 0 Å². The number of allylic oxidation sites excluding steroid dienone is 1. The van der Waals surface area contributed by atoms with E-state index in [0.717, 1.165) is 46.3 Å². The van der Waals surface area contributed by atoms with E-state index in [2.05, 4.69) is 16.3 Å². The standard InChI is InChI=1S/C27H31N3O4/c1-15-11-19-16(2)24-22(12-18-9-10-23(24)30(18)25(32)34-26(4,5)6)27(28-7,29-8)13-20(19)21(15)14-33-17(3)31/h12,18,23-24H,1,9-11,13-14H2,2-6H3/t18-,23+,24-/m1/s1. The number of rotatable bonds is 2. The molecule has 0 N–H and O–H groups in total. The lowest BCUT2D eigenvalue weighted by molar-refractivity contribution is -0.139. The lowest BCUT2D eigenvalue weighted by atomic mass is 9.77. The molecule has 1 fully saturated rings. The molecule has 2 heterocycles. The first-order valence-corrected chi connectivity index (χ1v) is 11.7. The number of carbonyl (C=O) groups is 2. The molecule has 7 heteroatoms. The summed E-state index contributed by atoms with van der Waals surface area (Å²) in [5, 5.41) is 0. The second-order valence-electron chi connectivity index (χ2n) is 10.6. The van der Waals surface area contributed by atoms with E-state index >= 15 is 0 Å². The molecule has 0 aromatic carbocycles. The third-order valence-corrected chi connectivity index (χ3v) is 7.33. The Kier molecular flexibility index (Phi) is 5.72. The van der Waals surface area contributed by atoms with Gasteiger partial charge in [0.05, 0.1) is 6.04 Å². The highest BCUT2D eigenvalue weighted by Crippen LogP contribution is 2.55. The molecule has 1 saturated heterocycles. The first-order valence-electron chi connectivity index (χ1n) is 11.7. The molecule has 7 nitrogen and oxygen atoms in total. The largest absolute Gasteiger partial charge is 0.510 e. The van der Waals surface area contributed by atoms with Crippen LogP contribution in [0.3, 0.4) is 0 Å². The summed E-state index contributed by atoms with van der Waals surface area (Å²) in [5.41, 5.74) is 3.48. The van der Waals surface area contributed by atoms with Gasteiger partial charge in [-0.2, -0.15) is 0 Å². The first-order chi connectivity index (χ1) is 15.9. The summed E-state index contributed by atoms with van der Waals surface area (Å²) < 4.78 is 11.0. The predicted molar refractivity (Wildman–Crippen MR) is 127 cm³/mol. The maximum Gasteiger partial charge on any atom is 0.510 e. The maximum absolute atomic E-state index is 13.2. The molecule has 0 radical (unpaired) electrons. The molecule has 4 aliphatic rings. The average molecular weight is 462 g/mol. The van der Waals surface area contributed by atoms with Gasteiger partial charge in [-0.3, -0.25) is 9.69 Å². The van der Waals surface area contributed by atoms with Crippen molar-refractivity contribution in [3.05, 3.63) is 68.9 Å². The Morgan fingerprint density at radius 3 is 2.50 bits per heavy atom. The molecule has 3 atom stereocenters. The third-order valence-electron chi connectivity index (χ3n) is 7.33. The van der Waals surface area contributed by atoms with Crippen molar-refractivity contribution in [3.8, 4) is 0 Å². The molecule has 34 heavy (non-hydrogen) atoms. The average Bonchev–Trinajstić information content (AvgIpc) is 3.20. The topological polar surface area (TPSA) is 64.6 Å². The number of ether oxygens (including phenoxy) is 2. The van der Waals surface area contributed by atoms with E-state index < -0.39 is 11.3 Å². The van der Waals surface area contributed by atoms with Crippen molar-refractivity contribution in [2.24, 2.45) is 5.92 Å². The van der Waals surface area contributed by atoms with Gasteiger partial charge in [0.1, 0.15) is 24.2 Å². The molecule has 0 spiro atoms. The molecule has 2 aliphatic heterocycles. The van der Waals surface area contributed by atoms with Crippen LogP contribution >= 0.6 is 0 Å². The van der Waals surface area contributed by atoms with Gasteiger partial charge in [-0.15, -0.1) is 0 Å². The van der Waals surface area contributed by atoms with Crippen molar-refractivity contribution < 1.29 is 19.1 Å². The Hall–Kier alpha value is -3.32. The zero-order chi connectivity index (χ0) is 25.0. The van der Waals surface area contributed by atoms with Crippen LogP contribution in [0.2, 0.25) is 0 Å². The van der Waals surface area contributed by atoms with Crippen molar-refractivity contribution in [1.82, 2.24) is 4.90 Å². The van der Waals surface area contributed by atoms with Gasteiger partial charge >= 0.3 is 17.7 Å². The number of esters is 1. The van der Waals surface area contributed by atoms with Crippen LogP contribution in [0, 0.1) is 19.1 Å². The Balaban J connectivity index is 1.87. The van der Waals surface area contributed by atoms with Gasteiger partial charge in [-0.1, -0.05) is 12.2 Å². The van der Waals surface area contributed by atoms with Crippen LogP contribution in [0.1, 0.15) is 60.3 Å². The molecule has 0 aromatic rings. The summed E-state index contributed by atoms with van der Waals surface area (Å²) in [6.07, 6.45) is 4.03. The predicted octanol–water partition coefficient (Wildman–Crippen LogP) is 5.39. The van der Waals surface area contributed by atoms with Gasteiger partial charge in [0, 0.05) is 18.9 Å². The van der Waals surface area contributed by atoms with Crippen molar-refractivity contribution >= 4 is 12.1 Å². The highest BCUT2D eigenvalue weighted by atomic mass is 16.6. The third kappa shape index (κ3) is 3.74. The Bertz CT molecular complexity index is 1140. The second-order valence-corrected chi connectivity index (χ2v) is 10.6. The normalized spacial score (nSPS) is 27.3. The summed E-state index contributed by atoms with van der Waals surface area (Å²) in [7, 11) is 0. The quantitative estimate of drug-likeness (QED) is 0.314. The highest BCUT2D eigenvalue weighted by Gasteiger charge is 2.62. The molecule has 178 valence electrons. The minimum absolute atomic E-state index is 0.0894. The molecule has 0 unspecified atom stereocenters. The maximum atomic E-state index is 13.2. The molecular formula is C27H31N3O4. The molecule has 2 bridgehead atoms. The zero-order valence-corrected chi connectivity index (χ0v) is 20.5. The number of amides is 1. The van der Waals surface area contributed by atoms with Gasteiger partial charge in [0.2, 0.25) is 0 Å². The fraction of sp³-hybridized carbons (Fsp3) is 0.556. The van der Waals surface area contributed by atoms with Gasteiger partial charge in [0.15, 0.2) is 0 Å². The monoisotopic (exact) mass is 461 g/mol. The summed E-state index contributed by atoms with van der Waals surface area (Å²) >= 11 is 0. The molecule has 4 rings (SSSR count). The van der Waals surface area contributed by atoms with Gasteiger partial charge in [-0.25, -0.2) is 27.6 Å². The minimum Gasteiger partial charge on any atom is -0.461 e. The van der Waals surface area contributed by atoms with Gasteiger partial charge in [-0.05, 0) is 75.3 Å². The van der Waals surface area contributed by atoms with E-state index in [0.29, 0.717) is 6.42 Å². The van der Waals surface area contributed by atoms with E-state index in [1.165, 1.54) is 6.92 Å². The summed E-state index contributed by atoms with van der Waals surface area (Å²) in [4.78, 5) is 34.3. The van der Waals surface area contributed by atoms with Crippen molar-refractivity contribution in [3.63, 3.8) is 0 Å². The number of carbonyl (C=O) groups excluding carboxylic acids is 2. The van der Waals surface area contributed by atoms with Gasteiger partial charge < -0.3 is 9.47 Å². The molecule has 2 aliphatic carbocycles. The summed E-state index contributed by atoms with van der Waals surface area (Å²) in [6.45, 7) is 29.4. The Morgan fingerprint density at radius 1 is 1.24 bits per heavy atom. The van der Waals surface area contributed by atoms with Crippen molar-refractivity contribution in [2.75, 3.05) is 6.61 Å². The van der Waals surface area contributed by atoms with Crippen molar-refractivity contribution in [2.45, 2.75) is 83.6 Å². The highest BCUT2D eigenvalue weighted by molar-refractivity contribution is 5.72. The second kappa shape index (κ2) is 8.17. The Morgan fingerprint density at radius 2 is 1.91 bits per heavy atom. The van der Waals surface area contributed by atoms with E-state index in [-0.39, 0.29) is 43.1 Å². The van der Waals surface area contributed by atoms with Gasteiger partial charge in [0.25, 0.3) is 0 Å². The smallest absolute Gasteiger partial charge is 0.461 e. The van der Waals surface area contributed by atoms with Crippen LogP contribution in [0.25, 0.3) is 9.69 Å². The van der Waals surface area contributed by atoms with Crippen LogP contribution < -0.4 is 0 Å². The lowest BCUT2D eigenvalue weighted by Gasteiger charge is -2.40. The molecule has 0 aromatic heterocycles. The van der Waals surface area contributed by atoms with E-state index in [1.807, 2.05) is 38.7 Å². The number of hydrogen-bond acceptors (Lipinski definition) is 4. The lowest BCUT2D eigenvalue weighted by Crippen LogP contribution is -2.51. The number of fused-ring (bicyclic) bond motifs is 5. The van der Waals surface area contributed by atoms with Crippen LogP contribution in [-0.2, 0) is 14.3 Å². The van der Waals surface area contributed by atoms with Crippen LogP contribution in [0.15, 0.2) is 46.1 Å². The fourth-order valence-electron chi connectivity index (χ4n) is 5.91. The van der Waals surface area contributed by atoms with Crippen LogP contribution in [0.4, 0.5) is 4.79 Å². The zero-order valence-electron chi connectivity index (χ0n) is 20.5. The summed E-state index contributed by atoms with van der Waals surface area (Å²) in [5.74, 6) is -0.616. The number of hydrogen-bond donors (Lipinski definition) is 0. The molecule has 0 saturated carbocycles. The van der Waals surface area contributed by atoms with E-state index in [1.54, 1.807) is 0 Å². The SMILES string of the molecule is [C-]#[N+]C1([N+]#[C-])CC2=C(COC(C)=O)C(=C)CC2=C(C)[C@@H]2C1=C[C@H]1CC[C@@H]2N1C(=O)OC(C)(C)C. The molecule has 1 amide bonds. The van der Waals surface area contributed by atoms with Crippen LogP contribution in [-0.4, -0.2) is 46.9 Å². The summed E-state index contributed by atoms with van der Waals surface area (Å²) in [6, 6.07) is -0.352. The minimum atomic E-state index is -1.39. The van der Waals surface area contributed by atoms with E-state index in [4.69, 9.17) is 22.6 Å². The van der Waals surface area contributed by atoms with E-state index in [9.17, 15) is 9.59 Å².